The molecule has 4 nitrogen and oxygen atoms in total. The molecule has 1 fully saturated rings. The molecule has 1 aliphatic heterocycles. The number of carbonyl (C=O) groups is 2. The predicted molar refractivity (Wildman–Crippen MR) is 68.8 cm³/mol. The molecule has 1 N–H and O–H groups in total. The van der Waals surface area contributed by atoms with Crippen molar-refractivity contribution in [2.75, 3.05) is 11.4 Å². The number of benzene rings is 1. The minimum Gasteiger partial charge on any atom is -0.350 e. The van der Waals surface area contributed by atoms with Crippen LogP contribution in [0.15, 0.2) is 22.7 Å². The first-order valence-electron chi connectivity index (χ1n) is 5.35. The first kappa shape index (κ1) is 12.1. The Labute approximate surface area is 108 Å². The zero-order valence-electron chi connectivity index (χ0n) is 9.66. The number of hydrogen-bond donors (Lipinski definition) is 1. The summed E-state index contributed by atoms with van der Waals surface area (Å²) in [5, 5.41) is 2.32. The number of hydrogen-bond acceptors (Lipinski definition) is 3. The van der Waals surface area contributed by atoms with Gasteiger partial charge in [-0.05, 0) is 31.5 Å². The minimum absolute atomic E-state index is 0.211. The summed E-state index contributed by atoms with van der Waals surface area (Å²) in [5.74, 6) is -0.511. The molecule has 1 heterocycles. The summed E-state index contributed by atoms with van der Waals surface area (Å²) in [6.07, 6.45) is 0. The fourth-order valence-electron chi connectivity index (χ4n) is 1.79. The highest BCUT2D eigenvalue weighted by Crippen LogP contribution is 2.25. The van der Waals surface area contributed by atoms with Crippen LogP contribution in [0.25, 0.3) is 0 Å². The van der Waals surface area contributed by atoms with Crippen LogP contribution in [0.3, 0.4) is 0 Å². The van der Waals surface area contributed by atoms with Gasteiger partial charge in [-0.1, -0.05) is 22.0 Å². The molecule has 5 heteroatoms. The Hall–Kier alpha value is -1.36. The van der Waals surface area contributed by atoms with E-state index in [1.165, 1.54) is 0 Å². The number of nitrogens with zero attached hydrogens (tertiary/aromatic N) is 1. The lowest BCUT2D eigenvalue weighted by molar-refractivity contribution is -0.132. The zero-order valence-corrected chi connectivity index (χ0v) is 11.2. The Morgan fingerprint density at radius 1 is 1.41 bits per heavy atom. The third-order valence-corrected chi connectivity index (χ3v) is 3.76. The maximum absolute atomic E-state index is 11.6. The first-order valence-corrected chi connectivity index (χ1v) is 6.15. The van der Waals surface area contributed by atoms with Crippen LogP contribution in [0.1, 0.15) is 12.5 Å². The smallest absolute Gasteiger partial charge is 0.249 e. The molecule has 1 aromatic rings. The molecule has 0 aliphatic carbocycles. The summed E-state index contributed by atoms with van der Waals surface area (Å²) in [6.45, 7) is 3.99. The Kier molecular flexibility index (Phi) is 3.19. The standard InChI is InChI=1S/C12H13BrN2O2/c1-7-3-4-9(5-10(7)13)15-6-11(16)14-12(17)8(15)2/h3-5,8H,6H2,1-2H3,(H,14,16,17). The maximum Gasteiger partial charge on any atom is 0.249 e. The van der Waals surface area contributed by atoms with Gasteiger partial charge in [0.15, 0.2) is 0 Å². The SMILES string of the molecule is Cc1ccc(N2CC(=O)NC(=O)C2C)cc1Br. The Morgan fingerprint density at radius 2 is 2.12 bits per heavy atom. The number of halogens is 1. The number of amides is 2. The molecule has 0 aromatic heterocycles. The van der Waals surface area contributed by atoms with Gasteiger partial charge in [0.05, 0.1) is 6.54 Å². The Bertz CT molecular complexity index is 487. The summed E-state index contributed by atoms with van der Waals surface area (Å²) in [6, 6.07) is 5.48. The molecule has 2 rings (SSSR count). The molecule has 0 bridgehead atoms. The van der Waals surface area contributed by atoms with Crippen molar-refractivity contribution in [3.05, 3.63) is 28.2 Å². The second-order valence-electron chi connectivity index (χ2n) is 4.15. The second kappa shape index (κ2) is 4.49. The van der Waals surface area contributed by atoms with E-state index in [-0.39, 0.29) is 24.4 Å². The van der Waals surface area contributed by atoms with E-state index in [1.54, 1.807) is 11.8 Å². The number of carbonyl (C=O) groups excluding carboxylic acids is 2. The maximum atomic E-state index is 11.6. The molecule has 1 aliphatic rings. The number of nitrogens with one attached hydrogen (secondary N) is 1. The lowest BCUT2D eigenvalue weighted by Crippen LogP contribution is -2.57. The van der Waals surface area contributed by atoms with E-state index >= 15 is 0 Å². The van der Waals surface area contributed by atoms with Crippen LogP contribution in [0.5, 0.6) is 0 Å². The van der Waals surface area contributed by atoms with Gasteiger partial charge in [-0.25, -0.2) is 0 Å². The van der Waals surface area contributed by atoms with Gasteiger partial charge in [0.2, 0.25) is 11.8 Å². The van der Waals surface area contributed by atoms with Crippen molar-refractivity contribution >= 4 is 33.4 Å². The van der Waals surface area contributed by atoms with Gasteiger partial charge >= 0.3 is 0 Å². The highest BCUT2D eigenvalue weighted by Gasteiger charge is 2.30. The van der Waals surface area contributed by atoms with E-state index in [9.17, 15) is 9.59 Å². The van der Waals surface area contributed by atoms with Crippen LogP contribution in [0, 0.1) is 6.92 Å². The van der Waals surface area contributed by atoms with Crippen LogP contribution in [0.4, 0.5) is 5.69 Å². The van der Waals surface area contributed by atoms with Crippen molar-refractivity contribution in [2.45, 2.75) is 19.9 Å². The average Bonchev–Trinajstić information content (AvgIpc) is 2.27. The largest absolute Gasteiger partial charge is 0.350 e. The predicted octanol–water partition coefficient (Wildman–Crippen LogP) is 1.61. The molecule has 0 saturated carbocycles. The van der Waals surface area contributed by atoms with Crippen molar-refractivity contribution < 1.29 is 9.59 Å². The molecule has 1 atom stereocenters. The van der Waals surface area contributed by atoms with Gasteiger partial charge < -0.3 is 4.90 Å². The number of anilines is 1. The molecule has 1 unspecified atom stereocenters. The van der Waals surface area contributed by atoms with Crippen molar-refractivity contribution in [3.63, 3.8) is 0 Å². The van der Waals surface area contributed by atoms with Crippen molar-refractivity contribution in [3.8, 4) is 0 Å². The average molecular weight is 297 g/mol. The zero-order chi connectivity index (χ0) is 12.6. The summed E-state index contributed by atoms with van der Waals surface area (Å²) < 4.78 is 0.973. The van der Waals surface area contributed by atoms with E-state index < -0.39 is 0 Å². The Balaban J connectivity index is 2.34. The third-order valence-electron chi connectivity index (χ3n) is 2.91. The number of aryl methyl sites for hydroxylation is 1. The van der Waals surface area contributed by atoms with Crippen LogP contribution in [-0.2, 0) is 9.59 Å². The summed E-state index contributed by atoms with van der Waals surface area (Å²) >= 11 is 3.45. The van der Waals surface area contributed by atoms with E-state index in [1.807, 2.05) is 25.1 Å². The molecular formula is C12H13BrN2O2. The van der Waals surface area contributed by atoms with Crippen LogP contribution >= 0.6 is 15.9 Å². The summed E-state index contributed by atoms with van der Waals surface area (Å²) in [5.41, 5.74) is 1.99. The molecule has 90 valence electrons. The van der Waals surface area contributed by atoms with Gasteiger partial charge in [-0.2, -0.15) is 0 Å². The van der Waals surface area contributed by atoms with Crippen LogP contribution in [0.2, 0.25) is 0 Å². The summed E-state index contributed by atoms with van der Waals surface area (Å²) in [7, 11) is 0. The van der Waals surface area contributed by atoms with E-state index in [2.05, 4.69) is 21.2 Å². The number of piperazine rings is 1. The van der Waals surface area contributed by atoms with Crippen LogP contribution < -0.4 is 10.2 Å². The lowest BCUT2D eigenvalue weighted by Gasteiger charge is -2.33. The molecule has 0 radical (unpaired) electrons. The van der Waals surface area contributed by atoms with E-state index in [4.69, 9.17) is 0 Å². The highest BCUT2D eigenvalue weighted by molar-refractivity contribution is 9.10. The topological polar surface area (TPSA) is 49.4 Å². The van der Waals surface area contributed by atoms with Gasteiger partial charge in [0.25, 0.3) is 0 Å². The molecular weight excluding hydrogens is 284 g/mol. The first-order chi connectivity index (χ1) is 7.99. The second-order valence-corrected chi connectivity index (χ2v) is 5.00. The number of imide groups is 1. The van der Waals surface area contributed by atoms with Gasteiger partial charge in [-0.15, -0.1) is 0 Å². The monoisotopic (exact) mass is 296 g/mol. The highest BCUT2D eigenvalue weighted by atomic mass is 79.9. The molecule has 0 spiro atoms. The normalized spacial score (nSPS) is 20.4. The fourth-order valence-corrected chi connectivity index (χ4v) is 2.16. The fraction of sp³-hybridized carbons (Fsp3) is 0.333. The summed E-state index contributed by atoms with van der Waals surface area (Å²) in [4.78, 5) is 24.7. The van der Waals surface area contributed by atoms with Crippen molar-refractivity contribution in [1.29, 1.82) is 0 Å². The van der Waals surface area contributed by atoms with Crippen molar-refractivity contribution in [1.82, 2.24) is 5.32 Å². The molecule has 1 saturated heterocycles. The van der Waals surface area contributed by atoms with Gasteiger partial charge in [-0.3, -0.25) is 14.9 Å². The van der Waals surface area contributed by atoms with Gasteiger partial charge in [0.1, 0.15) is 6.04 Å². The van der Waals surface area contributed by atoms with Crippen LogP contribution in [-0.4, -0.2) is 24.4 Å². The number of rotatable bonds is 1. The Morgan fingerprint density at radius 3 is 2.76 bits per heavy atom. The molecule has 2 amide bonds. The van der Waals surface area contributed by atoms with E-state index in [0.717, 1.165) is 15.7 Å². The molecule has 17 heavy (non-hydrogen) atoms. The van der Waals surface area contributed by atoms with E-state index in [0.29, 0.717) is 0 Å². The van der Waals surface area contributed by atoms with Gasteiger partial charge in [0, 0.05) is 10.2 Å². The third kappa shape index (κ3) is 2.34. The molecule has 1 aromatic carbocycles. The van der Waals surface area contributed by atoms with Crippen molar-refractivity contribution in [2.24, 2.45) is 0 Å². The lowest BCUT2D eigenvalue weighted by atomic mass is 10.1. The quantitative estimate of drug-likeness (QED) is 0.801. The minimum atomic E-state index is -0.331.